The van der Waals surface area contributed by atoms with E-state index >= 15 is 0 Å². The quantitative estimate of drug-likeness (QED) is 0.872. The molecule has 7 heteroatoms. The lowest BCUT2D eigenvalue weighted by Gasteiger charge is -2.20. The minimum absolute atomic E-state index is 0.0616. The molecule has 0 atom stereocenters. The minimum atomic E-state index is -0.310. The van der Waals surface area contributed by atoms with E-state index < -0.39 is 0 Å². The fourth-order valence-corrected chi connectivity index (χ4v) is 2.37. The van der Waals surface area contributed by atoms with Gasteiger partial charge in [-0.1, -0.05) is 17.7 Å². The first kappa shape index (κ1) is 17.7. The van der Waals surface area contributed by atoms with E-state index in [4.69, 9.17) is 16.3 Å². The highest BCUT2D eigenvalue weighted by Gasteiger charge is 2.15. The van der Waals surface area contributed by atoms with E-state index in [9.17, 15) is 9.59 Å². The molecule has 0 saturated carbocycles. The van der Waals surface area contributed by atoms with Crippen LogP contribution in [0.4, 0.5) is 5.69 Å². The molecule has 0 aliphatic rings. The topological polar surface area (TPSA) is 71.5 Å². The number of methoxy groups -OCH3 is 1. The Balaban J connectivity index is 2.00. The summed E-state index contributed by atoms with van der Waals surface area (Å²) < 4.78 is 5.06. The van der Waals surface area contributed by atoms with Crippen LogP contribution >= 0.6 is 11.6 Å². The van der Waals surface area contributed by atoms with Crippen molar-refractivity contribution in [3.63, 3.8) is 0 Å². The standard InChI is InChI=1S/C17H18ClN3O3/c1-12(22)21(10-13-4-3-7-19-9-13)11-17(23)20-14-5-6-16(24-2)15(18)8-14/h3-9H,10-11H2,1-2H3,(H,20,23). The average molecular weight is 348 g/mol. The second-order valence-electron chi connectivity index (χ2n) is 5.13. The molecule has 2 amide bonds. The van der Waals surface area contributed by atoms with E-state index in [0.717, 1.165) is 5.56 Å². The molecule has 0 saturated heterocycles. The number of rotatable bonds is 6. The fourth-order valence-electron chi connectivity index (χ4n) is 2.11. The zero-order valence-electron chi connectivity index (χ0n) is 13.5. The van der Waals surface area contributed by atoms with Crippen LogP contribution in [0.15, 0.2) is 42.7 Å². The maximum atomic E-state index is 12.2. The number of ether oxygens (including phenoxy) is 1. The largest absolute Gasteiger partial charge is 0.495 e. The smallest absolute Gasteiger partial charge is 0.244 e. The molecule has 0 spiro atoms. The Morgan fingerprint density at radius 3 is 2.71 bits per heavy atom. The number of carbonyl (C=O) groups excluding carboxylic acids is 2. The number of nitrogens with one attached hydrogen (secondary N) is 1. The van der Waals surface area contributed by atoms with Gasteiger partial charge in [-0.15, -0.1) is 0 Å². The van der Waals surface area contributed by atoms with Crippen LogP contribution in [0, 0.1) is 0 Å². The SMILES string of the molecule is COc1ccc(NC(=O)CN(Cc2cccnc2)C(C)=O)cc1Cl. The number of nitrogens with zero attached hydrogens (tertiary/aromatic N) is 2. The molecule has 0 aliphatic carbocycles. The van der Waals surface area contributed by atoms with Gasteiger partial charge in [-0.3, -0.25) is 14.6 Å². The summed E-state index contributed by atoms with van der Waals surface area (Å²) in [4.78, 5) is 29.4. The first-order valence-electron chi connectivity index (χ1n) is 7.27. The summed E-state index contributed by atoms with van der Waals surface area (Å²) in [5.74, 6) is 0.0219. The zero-order valence-corrected chi connectivity index (χ0v) is 14.2. The highest BCUT2D eigenvalue weighted by molar-refractivity contribution is 6.32. The van der Waals surface area contributed by atoms with Crippen LogP contribution in [-0.4, -0.2) is 35.4 Å². The first-order chi connectivity index (χ1) is 11.5. The van der Waals surface area contributed by atoms with Gasteiger partial charge < -0.3 is 15.0 Å². The van der Waals surface area contributed by atoms with Crippen molar-refractivity contribution in [3.05, 3.63) is 53.3 Å². The van der Waals surface area contributed by atoms with Crippen LogP contribution in [0.2, 0.25) is 5.02 Å². The lowest BCUT2D eigenvalue weighted by molar-refractivity contribution is -0.133. The van der Waals surface area contributed by atoms with Gasteiger partial charge in [-0.2, -0.15) is 0 Å². The molecule has 1 aromatic heterocycles. The Morgan fingerprint density at radius 2 is 2.12 bits per heavy atom. The van der Waals surface area contributed by atoms with Crippen molar-refractivity contribution in [1.29, 1.82) is 0 Å². The van der Waals surface area contributed by atoms with Gasteiger partial charge in [0, 0.05) is 31.5 Å². The molecule has 1 N–H and O–H groups in total. The molecule has 0 radical (unpaired) electrons. The normalized spacial score (nSPS) is 10.1. The van der Waals surface area contributed by atoms with Gasteiger partial charge in [-0.05, 0) is 29.8 Å². The monoisotopic (exact) mass is 347 g/mol. The number of halogens is 1. The molecule has 24 heavy (non-hydrogen) atoms. The molecule has 2 aromatic rings. The molecule has 2 rings (SSSR count). The predicted molar refractivity (Wildman–Crippen MR) is 92.0 cm³/mol. The summed E-state index contributed by atoms with van der Waals surface area (Å²) >= 11 is 6.03. The molecular formula is C17H18ClN3O3. The molecule has 1 aromatic carbocycles. The van der Waals surface area contributed by atoms with E-state index in [-0.39, 0.29) is 18.4 Å². The third-order valence-electron chi connectivity index (χ3n) is 3.31. The molecular weight excluding hydrogens is 330 g/mol. The van der Waals surface area contributed by atoms with Crippen LogP contribution < -0.4 is 10.1 Å². The third kappa shape index (κ3) is 4.96. The maximum absolute atomic E-state index is 12.2. The number of hydrogen-bond acceptors (Lipinski definition) is 4. The van der Waals surface area contributed by atoms with Crippen molar-refractivity contribution in [2.75, 3.05) is 19.0 Å². The maximum Gasteiger partial charge on any atom is 0.244 e. The Kier molecular flexibility index (Phi) is 6.14. The lowest BCUT2D eigenvalue weighted by Crippen LogP contribution is -2.36. The van der Waals surface area contributed by atoms with Crippen molar-refractivity contribution in [3.8, 4) is 5.75 Å². The van der Waals surface area contributed by atoms with Crippen molar-refractivity contribution >= 4 is 29.1 Å². The van der Waals surface area contributed by atoms with E-state index in [1.807, 2.05) is 6.07 Å². The Hall–Kier alpha value is -2.60. The Bertz CT molecular complexity index is 722. The summed E-state index contributed by atoms with van der Waals surface area (Å²) in [6.45, 7) is 1.68. The van der Waals surface area contributed by atoms with Gasteiger partial charge in [0.25, 0.3) is 0 Å². The Morgan fingerprint density at radius 1 is 1.33 bits per heavy atom. The van der Waals surface area contributed by atoms with Gasteiger partial charge in [0.15, 0.2) is 0 Å². The molecule has 0 fully saturated rings. The van der Waals surface area contributed by atoms with Crippen LogP contribution in [0.3, 0.4) is 0 Å². The van der Waals surface area contributed by atoms with Crippen molar-refractivity contribution in [2.24, 2.45) is 0 Å². The number of anilines is 1. The predicted octanol–water partition coefficient (Wildman–Crippen LogP) is 2.73. The summed E-state index contributed by atoms with van der Waals surface area (Å²) in [5, 5.41) is 3.11. The average Bonchev–Trinajstić information content (AvgIpc) is 2.55. The van der Waals surface area contributed by atoms with Gasteiger partial charge in [0.1, 0.15) is 12.3 Å². The van der Waals surface area contributed by atoms with Crippen molar-refractivity contribution in [1.82, 2.24) is 9.88 Å². The molecule has 126 valence electrons. The summed E-state index contributed by atoms with van der Waals surface area (Å²) in [7, 11) is 1.52. The second kappa shape index (κ2) is 8.31. The van der Waals surface area contributed by atoms with Gasteiger partial charge in [0.05, 0.1) is 12.1 Å². The van der Waals surface area contributed by atoms with Crippen LogP contribution in [0.5, 0.6) is 5.75 Å². The van der Waals surface area contributed by atoms with E-state index in [0.29, 0.717) is 23.0 Å². The molecule has 0 unspecified atom stereocenters. The molecule has 1 heterocycles. The number of carbonyl (C=O) groups is 2. The third-order valence-corrected chi connectivity index (χ3v) is 3.61. The number of benzene rings is 1. The number of hydrogen-bond donors (Lipinski definition) is 1. The van der Waals surface area contributed by atoms with Gasteiger partial charge in [0.2, 0.25) is 11.8 Å². The van der Waals surface area contributed by atoms with Crippen LogP contribution in [0.1, 0.15) is 12.5 Å². The van der Waals surface area contributed by atoms with Gasteiger partial charge in [-0.25, -0.2) is 0 Å². The summed E-state index contributed by atoms with van der Waals surface area (Å²) in [6.07, 6.45) is 3.32. The highest BCUT2D eigenvalue weighted by Crippen LogP contribution is 2.27. The zero-order chi connectivity index (χ0) is 17.5. The fraction of sp³-hybridized carbons (Fsp3) is 0.235. The van der Waals surface area contributed by atoms with Crippen LogP contribution in [0.25, 0.3) is 0 Å². The number of aromatic nitrogens is 1. The van der Waals surface area contributed by atoms with Crippen LogP contribution in [-0.2, 0) is 16.1 Å². The minimum Gasteiger partial charge on any atom is -0.495 e. The van der Waals surface area contributed by atoms with Gasteiger partial charge >= 0.3 is 0 Å². The number of pyridine rings is 1. The first-order valence-corrected chi connectivity index (χ1v) is 7.65. The van der Waals surface area contributed by atoms with E-state index in [2.05, 4.69) is 10.3 Å². The number of amides is 2. The highest BCUT2D eigenvalue weighted by atomic mass is 35.5. The van der Waals surface area contributed by atoms with Crippen molar-refractivity contribution in [2.45, 2.75) is 13.5 Å². The Labute approximate surface area is 145 Å². The molecule has 0 aliphatic heterocycles. The van der Waals surface area contributed by atoms with E-state index in [1.54, 1.807) is 36.7 Å². The summed E-state index contributed by atoms with van der Waals surface area (Å²) in [5.41, 5.74) is 1.39. The van der Waals surface area contributed by atoms with E-state index in [1.165, 1.54) is 18.9 Å². The summed E-state index contributed by atoms with van der Waals surface area (Å²) in [6, 6.07) is 8.58. The lowest BCUT2D eigenvalue weighted by atomic mass is 10.2. The molecule has 0 bridgehead atoms. The molecule has 6 nitrogen and oxygen atoms in total. The second-order valence-corrected chi connectivity index (χ2v) is 5.54. The van der Waals surface area contributed by atoms with Crippen molar-refractivity contribution < 1.29 is 14.3 Å².